The van der Waals surface area contributed by atoms with Gasteiger partial charge in [-0.2, -0.15) is 13.2 Å². The van der Waals surface area contributed by atoms with Crippen molar-refractivity contribution in [1.82, 2.24) is 4.98 Å². The summed E-state index contributed by atoms with van der Waals surface area (Å²) in [5.41, 5.74) is -2.91. The summed E-state index contributed by atoms with van der Waals surface area (Å²) in [6.07, 6.45) is -8.88. The van der Waals surface area contributed by atoms with Gasteiger partial charge in [0.25, 0.3) is 6.43 Å². The number of aliphatic carboxylic acids is 1. The van der Waals surface area contributed by atoms with Crippen molar-refractivity contribution in [3.63, 3.8) is 0 Å². The first-order valence-corrected chi connectivity index (χ1v) is 5.47. The van der Waals surface area contributed by atoms with E-state index in [0.717, 1.165) is 0 Å². The Morgan fingerprint density at radius 3 is 2.39 bits per heavy atom. The second-order valence-electron chi connectivity index (χ2n) is 3.22. The summed E-state index contributed by atoms with van der Waals surface area (Å²) in [6.45, 7) is 0. The van der Waals surface area contributed by atoms with Crippen molar-refractivity contribution in [3.05, 3.63) is 26.6 Å². The van der Waals surface area contributed by atoms with Gasteiger partial charge in [0.1, 0.15) is 5.69 Å². The van der Waals surface area contributed by atoms with Gasteiger partial charge in [-0.1, -0.05) is 0 Å². The van der Waals surface area contributed by atoms with Crippen LogP contribution in [0.4, 0.5) is 22.0 Å². The first-order valence-electron chi connectivity index (χ1n) is 4.39. The molecule has 0 aliphatic rings. The summed E-state index contributed by atoms with van der Waals surface area (Å²) < 4.78 is 62.1. The zero-order chi connectivity index (χ0) is 14.1. The summed E-state index contributed by atoms with van der Waals surface area (Å²) in [5.74, 6) is -1.44. The number of carbonyl (C=O) groups is 1. The van der Waals surface area contributed by atoms with Crippen molar-refractivity contribution in [2.75, 3.05) is 0 Å². The lowest BCUT2D eigenvalue weighted by atomic mass is 10.1. The highest BCUT2D eigenvalue weighted by atomic mass is 127. The fourth-order valence-electron chi connectivity index (χ4n) is 1.18. The average molecular weight is 381 g/mol. The van der Waals surface area contributed by atoms with Crippen LogP contribution in [0.25, 0.3) is 0 Å². The van der Waals surface area contributed by atoms with E-state index in [9.17, 15) is 26.7 Å². The second-order valence-corrected chi connectivity index (χ2v) is 4.30. The molecule has 1 aromatic heterocycles. The maximum Gasteiger partial charge on any atom is 0.417 e. The molecule has 0 amide bonds. The molecule has 1 N–H and O–H groups in total. The topological polar surface area (TPSA) is 50.2 Å². The Bertz CT molecular complexity index is 475. The van der Waals surface area contributed by atoms with Gasteiger partial charge < -0.3 is 5.11 Å². The van der Waals surface area contributed by atoms with Gasteiger partial charge in [0, 0.05) is 3.57 Å². The van der Waals surface area contributed by atoms with E-state index < -0.39 is 45.5 Å². The molecule has 0 fully saturated rings. The number of alkyl halides is 5. The maximum atomic E-state index is 12.6. The molecule has 0 radical (unpaired) electrons. The van der Waals surface area contributed by atoms with Crippen LogP contribution in [0.5, 0.6) is 0 Å². The normalized spacial score (nSPS) is 11.9. The molecule has 1 heterocycles. The van der Waals surface area contributed by atoms with Crippen molar-refractivity contribution in [1.29, 1.82) is 0 Å². The smallest absolute Gasteiger partial charge is 0.417 e. The predicted octanol–water partition coefficient (Wildman–Crippen LogP) is 3.27. The van der Waals surface area contributed by atoms with Crippen LogP contribution in [-0.2, 0) is 17.4 Å². The lowest BCUT2D eigenvalue weighted by molar-refractivity contribution is -0.139. The monoisotopic (exact) mass is 381 g/mol. The summed E-state index contributed by atoms with van der Waals surface area (Å²) in [6, 6.07) is 0.234. The molecule has 18 heavy (non-hydrogen) atoms. The van der Waals surface area contributed by atoms with Crippen LogP contribution in [-0.4, -0.2) is 16.1 Å². The molecule has 0 bridgehead atoms. The summed E-state index contributed by atoms with van der Waals surface area (Å²) in [5, 5.41) is 8.50. The van der Waals surface area contributed by atoms with E-state index in [2.05, 4.69) is 4.98 Å². The lowest BCUT2D eigenvalue weighted by Crippen LogP contribution is -2.15. The number of carboxylic acid groups (broad SMARTS) is 1. The van der Waals surface area contributed by atoms with Crippen LogP contribution in [0.1, 0.15) is 23.4 Å². The lowest BCUT2D eigenvalue weighted by Gasteiger charge is -2.13. The van der Waals surface area contributed by atoms with E-state index in [4.69, 9.17) is 5.11 Å². The molecule has 3 nitrogen and oxygen atoms in total. The molecule has 1 rings (SSSR count). The molecule has 0 spiro atoms. The minimum Gasteiger partial charge on any atom is -0.481 e. The van der Waals surface area contributed by atoms with Crippen molar-refractivity contribution in [3.8, 4) is 0 Å². The fraction of sp³-hybridized carbons (Fsp3) is 0.333. The van der Waals surface area contributed by atoms with Crippen LogP contribution >= 0.6 is 22.6 Å². The van der Waals surface area contributed by atoms with Gasteiger partial charge in [-0.15, -0.1) is 0 Å². The van der Waals surface area contributed by atoms with Crippen LogP contribution in [0.3, 0.4) is 0 Å². The molecule has 9 heteroatoms. The third kappa shape index (κ3) is 3.50. The van der Waals surface area contributed by atoms with Gasteiger partial charge in [-0.3, -0.25) is 9.78 Å². The van der Waals surface area contributed by atoms with Crippen molar-refractivity contribution < 1.29 is 31.9 Å². The quantitative estimate of drug-likeness (QED) is 0.646. The number of halogens is 6. The van der Waals surface area contributed by atoms with E-state index in [0.29, 0.717) is 0 Å². The molecule has 100 valence electrons. The Hall–Kier alpha value is -1.00. The highest BCUT2D eigenvalue weighted by molar-refractivity contribution is 14.1. The molecular weight excluding hydrogens is 376 g/mol. The Morgan fingerprint density at radius 2 is 2.00 bits per heavy atom. The molecule has 0 unspecified atom stereocenters. The molecule has 0 atom stereocenters. The summed E-state index contributed by atoms with van der Waals surface area (Å²) in [4.78, 5) is 13.7. The standard InChI is InChI=1S/C9H5F5INO2/c10-8(11)5-1-3(9(12,13)14)7(15)4(16-5)2-6(17)18/h1,8H,2H2,(H,17,18). The number of hydrogen-bond acceptors (Lipinski definition) is 2. The van der Waals surface area contributed by atoms with Crippen molar-refractivity contribution >= 4 is 28.6 Å². The van der Waals surface area contributed by atoms with Crippen molar-refractivity contribution in [2.24, 2.45) is 0 Å². The number of pyridine rings is 1. The predicted molar refractivity (Wildman–Crippen MR) is 58.3 cm³/mol. The Kier molecular flexibility index (Phi) is 4.46. The SMILES string of the molecule is O=C(O)Cc1nc(C(F)F)cc(C(F)(F)F)c1I. The summed E-state index contributed by atoms with van der Waals surface area (Å²) in [7, 11) is 0. The van der Waals surface area contributed by atoms with E-state index in [1.54, 1.807) is 0 Å². The Labute approximate surface area is 111 Å². The van der Waals surface area contributed by atoms with E-state index in [1.165, 1.54) is 22.6 Å². The number of rotatable bonds is 3. The molecule has 0 aliphatic heterocycles. The Balaban J connectivity index is 3.43. The molecule has 0 aromatic carbocycles. The van der Waals surface area contributed by atoms with Crippen LogP contribution in [0.2, 0.25) is 0 Å². The highest BCUT2D eigenvalue weighted by Gasteiger charge is 2.36. The minimum atomic E-state index is -4.84. The molecule has 1 aromatic rings. The zero-order valence-corrected chi connectivity index (χ0v) is 10.6. The fourth-order valence-corrected chi connectivity index (χ4v) is 1.96. The summed E-state index contributed by atoms with van der Waals surface area (Å²) >= 11 is 1.25. The number of carboxylic acids is 1. The van der Waals surface area contributed by atoms with Gasteiger partial charge in [0.15, 0.2) is 0 Å². The van der Waals surface area contributed by atoms with Gasteiger partial charge in [0.05, 0.1) is 17.7 Å². The van der Waals surface area contributed by atoms with Gasteiger partial charge in [0.2, 0.25) is 0 Å². The largest absolute Gasteiger partial charge is 0.481 e. The van der Waals surface area contributed by atoms with Gasteiger partial charge in [-0.05, 0) is 28.7 Å². The third-order valence-electron chi connectivity index (χ3n) is 1.89. The van der Waals surface area contributed by atoms with Gasteiger partial charge >= 0.3 is 12.1 Å². The molecule has 0 saturated carbocycles. The van der Waals surface area contributed by atoms with E-state index >= 15 is 0 Å². The van der Waals surface area contributed by atoms with E-state index in [-0.39, 0.29) is 6.07 Å². The number of hydrogen-bond donors (Lipinski definition) is 1. The Morgan fingerprint density at radius 1 is 1.44 bits per heavy atom. The van der Waals surface area contributed by atoms with Crippen LogP contribution < -0.4 is 0 Å². The van der Waals surface area contributed by atoms with Gasteiger partial charge in [-0.25, -0.2) is 8.78 Å². The zero-order valence-electron chi connectivity index (χ0n) is 8.43. The first-order chi connectivity index (χ1) is 8.12. The highest BCUT2D eigenvalue weighted by Crippen LogP contribution is 2.36. The minimum absolute atomic E-state index is 0.234. The van der Waals surface area contributed by atoms with E-state index in [1.807, 2.05) is 0 Å². The third-order valence-corrected chi connectivity index (χ3v) is 3.10. The maximum absolute atomic E-state index is 12.6. The number of aromatic nitrogens is 1. The first kappa shape index (κ1) is 15.1. The molecule has 0 aliphatic carbocycles. The van der Waals surface area contributed by atoms with Crippen LogP contribution in [0, 0.1) is 3.57 Å². The second kappa shape index (κ2) is 5.33. The van der Waals surface area contributed by atoms with Crippen LogP contribution in [0.15, 0.2) is 6.07 Å². The molecular formula is C9H5F5INO2. The number of nitrogens with zero attached hydrogens (tertiary/aromatic N) is 1. The average Bonchev–Trinajstić information content (AvgIpc) is 2.18. The molecule has 0 saturated heterocycles. The van der Waals surface area contributed by atoms with Crippen molar-refractivity contribution in [2.45, 2.75) is 19.0 Å².